The molecule has 0 bridgehead atoms. The summed E-state index contributed by atoms with van der Waals surface area (Å²) >= 11 is 1.69. The van der Waals surface area contributed by atoms with Gasteiger partial charge >= 0.3 is 0 Å². The predicted molar refractivity (Wildman–Crippen MR) is 84.2 cm³/mol. The number of benzene rings is 1. The number of ether oxygens (including phenoxy) is 2. The van der Waals surface area contributed by atoms with Crippen molar-refractivity contribution < 1.29 is 9.47 Å². The van der Waals surface area contributed by atoms with Crippen LogP contribution in [-0.2, 0) is 0 Å². The first-order valence-electron chi connectivity index (χ1n) is 7.21. The normalized spacial score (nSPS) is 16.5. The van der Waals surface area contributed by atoms with Crippen LogP contribution in [0.4, 0.5) is 0 Å². The Bertz CT molecular complexity index is 626. The molecule has 0 spiro atoms. The number of rotatable bonds is 4. The highest BCUT2D eigenvalue weighted by atomic mass is 32.1. The molecule has 4 nitrogen and oxygen atoms in total. The molecule has 2 atom stereocenters. The molecular weight excluding hydrogens is 284 g/mol. The second-order valence-electron chi connectivity index (χ2n) is 5.30. The van der Waals surface area contributed by atoms with Crippen LogP contribution in [0.3, 0.4) is 0 Å². The first kappa shape index (κ1) is 14.4. The summed E-state index contributed by atoms with van der Waals surface area (Å²) in [7, 11) is 0. The van der Waals surface area contributed by atoms with Gasteiger partial charge in [-0.3, -0.25) is 0 Å². The van der Waals surface area contributed by atoms with Crippen LogP contribution in [0, 0.1) is 6.92 Å². The third-order valence-electron chi connectivity index (χ3n) is 3.65. The Labute approximate surface area is 129 Å². The quantitative estimate of drug-likeness (QED) is 0.936. The van der Waals surface area contributed by atoms with Crippen molar-refractivity contribution in [1.82, 2.24) is 10.3 Å². The monoisotopic (exact) mass is 304 g/mol. The Morgan fingerprint density at radius 1 is 1.14 bits per heavy atom. The highest BCUT2D eigenvalue weighted by Gasteiger charge is 2.17. The molecule has 0 saturated carbocycles. The molecule has 1 aromatic carbocycles. The Morgan fingerprint density at radius 3 is 2.62 bits per heavy atom. The van der Waals surface area contributed by atoms with Gasteiger partial charge in [-0.25, -0.2) is 4.98 Å². The van der Waals surface area contributed by atoms with E-state index < -0.39 is 0 Å². The second kappa shape index (κ2) is 6.03. The van der Waals surface area contributed by atoms with E-state index in [9.17, 15) is 0 Å². The average Bonchev–Trinajstić information content (AvgIpc) is 2.93. The Balaban J connectivity index is 1.71. The Hall–Kier alpha value is -1.59. The number of aromatic nitrogens is 1. The standard InChI is InChI=1S/C16H20N2O2S/c1-10(17-11(2)14-9-21-12(3)18-14)13-4-5-15-16(8-13)20-7-6-19-15/h4-5,8-11,17H,6-7H2,1-3H3. The molecule has 1 aliphatic heterocycles. The zero-order valence-electron chi connectivity index (χ0n) is 12.6. The number of fused-ring (bicyclic) bond motifs is 1. The van der Waals surface area contributed by atoms with E-state index >= 15 is 0 Å². The molecule has 21 heavy (non-hydrogen) atoms. The fourth-order valence-electron chi connectivity index (χ4n) is 2.46. The topological polar surface area (TPSA) is 43.4 Å². The van der Waals surface area contributed by atoms with Gasteiger partial charge in [-0.1, -0.05) is 6.07 Å². The molecule has 2 aromatic rings. The summed E-state index contributed by atoms with van der Waals surface area (Å²) in [6, 6.07) is 6.57. The van der Waals surface area contributed by atoms with Crippen molar-refractivity contribution >= 4 is 11.3 Å². The lowest BCUT2D eigenvalue weighted by molar-refractivity contribution is 0.171. The van der Waals surface area contributed by atoms with Crippen LogP contribution in [0.15, 0.2) is 23.6 Å². The fourth-order valence-corrected chi connectivity index (χ4v) is 3.17. The third kappa shape index (κ3) is 3.19. The summed E-state index contributed by atoms with van der Waals surface area (Å²) in [5, 5.41) is 6.80. The van der Waals surface area contributed by atoms with Crippen molar-refractivity contribution in [2.75, 3.05) is 13.2 Å². The maximum Gasteiger partial charge on any atom is 0.161 e. The Kier molecular flexibility index (Phi) is 4.12. The summed E-state index contributed by atoms with van der Waals surface area (Å²) in [4.78, 5) is 4.54. The molecule has 5 heteroatoms. The van der Waals surface area contributed by atoms with Crippen molar-refractivity contribution in [1.29, 1.82) is 0 Å². The van der Waals surface area contributed by atoms with E-state index in [2.05, 4.69) is 41.7 Å². The van der Waals surface area contributed by atoms with E-state index in [1.54, 1.807) is 11.3 Å². The lowest BCUT2D eigenvalue weighted by atomic mass is 10.1. The van der Waals surface area contributed by atoms with Crippen LogP contribution in [0.2, 0.25) is 0 Å². The molecular formula is C16H20N2O2S. The maximum atomic E-state index is 5.64. The minimum Gasteiger partial charge on any atom is -0.486 e. The average molecular weight is 304 g/mol. The van der Waals surface area contributed by atoms with Crippen molar-refractivity contribution in [3.8, 4) is 11.5 Å². The smallest absolute Gasteiger partial charge is 0.161 e. The predicted octanol–water partition coefficient (Wildman–Crippen LogP) is 3.63. The van der Waals surface area contributed by atoms with Gasteiger partial charge in [-0.2, -0.15) is 0 Å². The number of aryl methyl sites for hydroxylation is 1. The van der Waals surface area contributed by atoms with Gasteiger partial charge in [0.05, 0.1) is 10.7 Å². The summed E-state index contributed by atoms with van der Waals surface area (Å²) in [6.45, 7) is 7.57. The van der Waals surface area contributed by atoms with E-state index in [-0.39, 0.29) is 12.1 Å². The summed E-state index contributed by atoms with van der Waals surface area (Å²) < 4.78 is 11.2. The minimum absolute atomic E-state index is 0.220. The molecule has 0 amide bonds. The van der Waals surface area contributed by atoms with Gasteiger partial charge in [0.15, 0.2) is 11.5 Å². The molecule has 0 saturated heterocycles. The molecule has 1 N–H and O–H groups in total. The molecule has 2 unspecified atom stereocenters. The van der Waals surface area contributed by atoms with Crippen LogP contribution >= 0.6 is 11.3 Å². The molecule has 1 aromatic heterocycles. The second-order valence-corrected chi connectivity index (χ2v) is 6.37. The van der Waals surface area contributed by atoms with Gasteiger partial charge < -0.3 is 14.8 Å². The molecule has 3 rings (SSSR count). The number of nitrogens with zero attached hydrogens (tertiary/aromatic N) is 1. The minimum atomic E-state index is 0.220. The van der Waals surface area contributed by atoms with E-state index in [0.29, 0.717) is 13.2 Å². The summed E-state index contributed by atoms with van der Waals surface area (Å²) in [5.74, 6) is 1.67. The largest absolute Gasteiger partial charge is 0.486 e. The molecule has 1 aliphatic rings. The van der Waals surface area contributed by atoms with Crippen molar-refractivity contribution in [3.63, 3.8) is 0 Å². The molecule has 112 valence electrons. The lowest BCUT2D eigenvalue weighted by Gasteiger charge is -2.22. The zero-order valence-corrected chi connectivity index (χ0v) is 13.4. The van der Waals surface area contributed by atoms with Gasteiger partial charge in [0.2, 0.25) is 0 Å². The first-order chi connectivity index (χ1) is 10.1. The highest BCUT2D eigenvalue weighted by Crippen LogP contribution is 2.33. The Morgan fingerprint density at radius 2 is 1.90 bits per heavy atom. The SMILES string of the molecule is Cc1nc(C(C)NC(C)c2ccc3c(c2)OCCO3)cs1. The fraction of sp³-hybridized carbons (Fsp3) is 0.438. The number of hydrogen-bond acceptors (Lipinski definition) is 5. The van der Waals surface area contributed by atoms with Gasteiger partial charge in [-0.05, 0) is 38.5 Å². The number of thiazole rings is 1. The number of hydrogen-bond donors (Lipinski definition) is 1. The van der Waals surface area contributed by atoms with Gasteiger partial charge in [-0.15, -0.1) is 11.3 Å². The molecule has 0 fully saturated rings. The highest BCUT2D eigenvalue weighted by molar-refractivity contribution is 7.09. The first-order valence-corrected chi connectivity index (χ1v) is 8.09. The van der Waals surface area contributed by atoms with E-state index in [4.69, 9.17) is 9.47 Å². The van der Waals surface area contributed by atoms with Crippen LogP contribution in [0.25, 0.3) is 0 Å². The van der Waals surface area contributed by atoms with Crippen molar-refractivity contribution in [3.05, 3.63) is 39.8 Å². The van der Waals surface area contributed by atoms with Crippen molar-refractivity contribution in [2.24, 2.45) is 0 Å². The van der Waals surface area contributed by atoms with E-state index in [1.807, 2.05) is 13.0 Å². The summed E-state index contributed by atoms with van der Waals surface area (Å²) in [5.41, 5.74) is 2.29. The maximum absolute atomic E-state index is 5.64. The summed E-state index contributed by atoms with van der Waals surface area (Å²) in [6.07, 6.45) is 0. The van der Waals surface area contributed by atoms with Gasteiger partial charge in [0.25, 0.3) is 0 Å². The number of nitrogens with one attached hydrogen (secondary N) is 1. The van der Waals surface area contributed by atoms with Gasteiger partial charge in [0.1, 0.15) is 13.2 Å². The molecule has 2 heterocycles. The molecule has 0 aliphatic carbocycles. The zero-order chi connectivity index (χ0) is 14.8. The van der Waals surface area contributed by atoms with E-state index in [1.165, 1.54) is 5.56 Å². The van der Waals surface area contributed by atoms with Crippen LogP contribution in [-0.4, -0.2) is 18.2 Å². The van der Waals surface area contributed by atoms with E-state index in [0.717, 1.165) is 22.2 Å². The van der Waals surface area contributed by atoms with Crippen LogP contribution in [0.1, 0.15) is 42.2 Å². The molecule has 0 radical (unpaired) electrons. The van der Waals surface area contributed by atoms with Crippen molar-refractivity contribution in [2.45, 2.75) is 32.9 Å². The lowest BCUT2D eigenvalue weighted by Crippen LogP contribution is -2.23. The van der Waals surface area contributed by atoms with Crippen LogP contribution < -0.4 is 14.8 Å². The van der Waals surface area contributed by atoms with Gasteiger partial charge in [0, 0.05) is 17.5 Å². The van der Waals surface area contributed by atoms with Crippen LogP contribution in [0.5, 0.6) is 11.5 Å². The third-order valence-corrected chi connectivity index (χ3v) is 4.44.